The summed E-state index contributed by atoms with van der Waals surface area (Å²) in [5.41, 5.74) is 2.96. The summed E-state index contributed by atoms with van der Waals surface area (Å²) in [6.45, 7) is 0. The van der Waals surface area contributed by atoms with Crippen molar-refractivity contribution in [2.75, 3.05) is 14.2 Å². The number of rotatable bonds is 3. The second-order valence-corrected chi connectivity index (χ2v) is 5.46. The molecular formula is C18H15ClN2O2. The van der Waals surface area contributed by atoms with E-state index >= 15 is 0 Å². The highest BCUT2D eigenvalue weighted by molar-refractivity contribution is 6.31. The van der Waals surface area contributed by atoms with Crippen LogP contribution in [0.15, 0.2) is 48.5 Å². The van der Waals surface area contributed by atoms with Gasteiger partial charge in [0.15, 0.2) is 0 Å². The topological polar surface area (TPSA) is 51.2 Å². The van der Waals surface area contributed by atoms with E-state index in [1.165, 1.54) is 0 Å². The molecule has 0 aliphatic carbocycles. The number of amides is 1. The summed E-state index contributed by atoms with van der Waals surface area (Å²) in [5, 5.41) is 4.13. The average molecular weight is 327 g/mol. The molecule has 0 spiro atoms. The summed E-state index contributed by atoms with van der Waals surface area (Å²) >= 11 is 6.13. The Morgan fingerprint density at radius 3 is 2.52 bits per heavy atom. The molecule has 1 aromatic heterocycles. The van der Waals surface area contributed by atoms with E-state index in [-0.39, 0.29) is 5.91 Å². The van der Waals surface area contributed by atoms with Crippen LogP contribution in [0.4, 0.5) is 0 Å². The van der Waals surface area contributed by atoms with Crippen molar-refractivity contribution in [3.63, 3.8) is 0 Å². The highest BCUT2D eigenvalue weighted by Gasteiger charge is 2.13. The average Bonchev–Trinajstić information content (AvgIpc) is 2.60. The Kier molecular flexibility index (Phi) is 4.17. The minimum atomic E-state index is -0.225. The van der Waals surface area contributed by atoms with Gasteiger partial charge >= 0.3 is 0 Å². The maximum absolute atomic E-state index is 12.0. The number of nitrogens with one attached hydrogen (secondary N) is 1. The normalized spacial score (nSPS) is 10.6. The molecule has 0 radical (unpaired) electrons. The predicted molar refractivity (Wildman–Crippen MR) is 92.1 cm³/mol. The first kappa shape index (κ1) is 15.3. The van der Waals surface area contributed by atoms with Gasteiger partial charge in [0, 0.05) is 17.5 Å². The smallest absolute Gasteiger partial charge is 0.269 e. The van der Waals surface area contributed by atoms with Crippen LogP contribution in [0.1, 0.15) is 10.5 Å². The van der Waals surface area contributed by atoms with Gasteiger partial charge < -0.3 is 10.1 Å². The molecule has 1 N–H and O–H groups in total. The van der Waals surface area contributed by atoms with Crippen LogP contribution in [0.5, 0.6) is 5.75 Å². The van der Waals surface area contributed by atoms with Gasteiger partial charge in [-0.15, -0.1) is 0 Å². The molecule has 0 unspecified atom stereocenters. The van der Waals surface area contributed by atoms with Crippen LogP contribution in [-0.4, -0.2) is 25.0 Å². The summed E-state index contributed by atoms with van der Waals surface area (Å²) in [5.74, 6) is 0.549. The van der Waals surface area contributed by atoms with Crippen LogP contribution in [0, 0.1) is 0 Å². The zero-order chi connectivity index (χ0) is 16.4. The Hall–Kier alpha value is -2.59. The highest BCUT2D eigenvalue weighted by Crippen LogP contribution is 2.31. The number of pyridine rings is 1. The van der Waals surface area contributed by atoms with Gasteiger partial charge in [-0.05, 0) is 47.5 Å². The minimum Gasteiger partial charge on any atom is -0.497 e. The zero-order valence-electron chi connectivity index (χ0n) is 12.8. The van der Waals surface area contributed by atoms with Gasteiger partial charge in [0.25, 0.3) is 5.91 Å². The Labute approximate surface area is 139 Å². The molecule has 5 heteroatoms. The quantitative estimate of drug-likeness (QED) is 0.793. The predicted octanol–water partition coefficient (Wildman–Crippen LogP) is 3.92. The number of hydrogen-bond acceptors (Lipinski definition) is 3. The van der Waals surface area contributed by atoms with Crippen LogP contribution >= 0.6 is 11.6 Å². The summed E-state index contributed by atoms with van der Waals surface area (Å²) in [6.07, 6.45) is 0. The molecule has 1 heterocycles. The molecule has 3 rings (SSSR count). The van der Waals surface area contributed by atoms with Crippen LogP contribution < -0.4 is 10.1 Å². The van der Waals surface area contributed by atoms with E-state index in [2.05, 4.69) is 10.3 Å². The van der Waals surface area contributed by atoms with Crippen LogP contribution in [0.2, 0.25) is 5.02 Å². The Balaban J connectivity index is 2.26. The van der Waals surface area contributed by atoms with E-state index in [4.69, 9.17) is 16.3 Å². The Bertz CT molecular complexity index is 876. The fourth-order valence-corrected chi connectivity index (χ4v) is 2.62. The Morgan fingerprint density at radius 2 is 1.87 bits per heavy atom. The standard InChI is InChI=1S/C18H15ClN2O2/c1-20-18(22)17-10-14(11-3-6-13(23-2)7-4-11)15-9-12(19)5-8-16(15)21-17/h3-10H,1-2H3,(H,20,22). The number of fused-ring (bicyclic) bond motifs is 1. The first-order valence-electron chi connectivity index (χ1n) is 7.09. The zero-order valence-corrected chi connectivity index (χ0v) is 13.5. The van der Waals surface area contributed by atoms with E-state index in [9.17, 15) is 4.79 Å². The number of methoxy groups -OCH3 is 1. The molecule has 0 aliphatic heterocycles. The van der Waals surface area contributed by atoms with Gasteiger partial charge in [-0.25, -0.2) is 4.98 Å². The van der Waals surface area contributed by atoms with Gasteiger partial charge in [0.2, 0.25) is 0 Å². The molecule has 2 aromatic carbocycles. The summed E-state index contributed by atoms with van der Waals surface area (Å²) in [6, 6.07) is 14.9. The van der Waals surface area contributed by atoms with Crippen molar-refractivity contribution < 1.29 is 9.53 Å². The number of nitrogens with zero attached hydrogens (tertiary/aromatic N) is 1. The van der Waals surface area contributed by atoms with Crippen molar-refractivity contribution in [1.82, 2.24) is 10.3 Å². The third-order valence-corrected chi connectivity index (χ3v) is 3.87. The molecule has 0 saturated heterocycles. The maximum atomic E-state index is 12.0. The Morgan fingerprint density at radius 1 is 1.13 bits per heavy atom. The molecule has 116 valence electrons. The van der Waals surface area contributed by atoms with Crippen molar-refractivity contribution in [3.05, 3.63) is 59.2 Å². The number of hydrogen-bond donors (Lipinski definition) is 1. The van der Waals surface area contributed by atoms with Gasteiger partial charge in [-0.2, -0.15) is 0 Å². The molecule has 23 heavy (non-hydrogen) atoms. The maximum Gasteiger partial charge on any atom is 0.269 e. The van der Waals surface area contributed by atoms with E-state index in [0.717, 1.165) is 27.8 Å². The lowest BCUT2D eigenvalue weighted by atomic mass is 10.00. The van der Waals surface area contributed by atoms with Gasteiger partial charge in [0.1, 0.15) is 11.4 Å². The monoisotopic (exact) mass is 326 g/mol. The van der Waals surface area contributed by atoms with Gasteiger partial charge in [0.05, 0.1) is 12.6 Å². The lowest BCUT2D eigenvalue weighted by molar-refractivity contribution is 0.0958. The van der Waals surface area contributed by atoms with Crippen molar-refractivity contribution in [2.24, 2.45) is 0 Å². The van der Waals surface area contributed by atoms with Gasteiger partial charge in [-0.1, -0.05) is 23.7 Å². The molecular weight excluding hydrogens is 312 g/mol. The highest BCUT2D eigenvalue weighted by atomic mass is 35.5. The van der Waals surface area contributed by atoms with Crippen LogP contribution in [-0.2, 0) is 0 Å². The number of ether oxygens (including phenoxy) is 1. The summed E-state index contributed by atoms with van der Waals surface area (Å²) in [4.78, 5) is 16.4. The summed E-state index contributed by atoms with van der Waals surface area (Å²) in [7, 11) is 3.21. The van der Waals surface area contributed by atoms with Gasteiger partial charge in [-0.3, -0.25) is 4.79 Å². The molecule has 0 bridgehead atoms. The van der Waals surface area contributed by atoms with Crippen molar-refractivity contribution in [1.29, 1.82) is 0 Å². The van der Waals surface area contributed by atoms with E-state index < -0.39 is 0 Å². The second kappa shape index (κ2) is 6.26. The first-order chi connectivity index (χ1) is 11.1. The lowest BCUT2D eigenvalue weighted by Crippen LogP contribution is -2.19. The number of carbonyl (C=O) groups is 1. The number of carbonyl (C=O) groups excluding carboxylic acids is 1. The molecule has 0 saturated carbocycles. The third-order valence-electron chi connectivity index (χ3n) is 3.63. The SMILES string of the molecule is CNC(=O)c1cc(-c2ccc(OC)cc2)c2cc(Cl)ccc2n1. The molecule has 4 nitrogen and oxygen atoms in total. The number of aromatic nitrogens is 1. The largest absolute Gasteiger partial charge is 0.497 e. The van der Waals surface area contributed by atoms with Crippen molar-refractivity contribution >= 4 is 28.4 Å². The van der Waals surface area contributed by atoms with E-state index in [1.807, 2.05) is 36.4 Å². The number of halogens is 1. The molecule has 1 amide bonds. The number of benzene rings is 2. The molecule has 0 aliphatic rings. The third kappa shape index (κ3) is 2.98. The molecule has 3 aromatic rings. The van der Waals surface area contributed by atoms with E-state index in [0.29, 0.717) is 10.7 Å². The first-order valence-corrected chi connectivity index (χ1v) is 7.47. The summed E-state index contributed by atoms with van der Waals surface area (Å²) < 4.78 is 5.19. The molecule has 0 fully saturated rings. The van der Waals surface area contributed by atoms with Crippen LogP contribution in [0.25, 0.3) is 22.0 Å². The van der Waals surface area contributed by atoms with Crippen molar-refractivity contribution in [2.45, 2.75) is 0 Å². The van der Waals surface area contributed by atoms with Crippen molar-refractivity contribution in [3.8, 4) is 16.9 Å². The molecule has 0 atom stereocenters. The second-order valence-electron chi connectivity index (χ2n) is 5.02. The lowest BCUT2D eigenvalue weighted by Gasteiger charge is -2.10. The van der Waals surface area contributed by atoms with Crippen LogP contribution in [0.3, 0.4) is 0 Å². The fourth-order valence-electron chi connectivity index (χ4n) is 2.45. The minimum absolute atomic E-state index is 0.225. The van der Waals surface area contributed by atoms with E-state index in [1.54, 1.807) is 26.3 Å². The fraction of sp³-hybridized carbons (Fsp3) is 0.111.